The third-order valence-corrected chi connectivity index (χ3v) is 3.61. The van der Waals surface area contributed by atoms with Gasteiger partial charge in [0.05, 0.1) is 5.92 Å². The van der Waals surface area contributed by atoms with Crippen molar-refractivity contribution in [2.75, 3.05) is 0 Å². The van der Waals surface area contributed by atoms with Crippen LogP contribution in [0.15, 0.2) is 59.8 Å². The van der Waals surface area contributed by atoms with Crippen LogP contribution in [0.5, 0.6) is 0 Å². The molecule has 0 amide bonds. The Kier molecular flexibility index (Phi) is 2.06. The molecule has 3 rings (SSSR count). The predicted octanol–water partition coefficient (Wildman–Crippen LogP) is 3.13. The van der Waals surface area contributed by atoms with Crippen molar-refractivity contribution in [1.82, 2.24) is 0 Å². The number of fused-ring (bicyclic) bond motifs is 2. The van der Waals surface area contributed by atoms with E-state index in [2.05, 4.69) is 24.8 Å². The van der Waals surface area contributed by atoms with Crippen molar-refractivity contribution in [2.24, 2.45) is 11.8 Å². The zero-order chi connectivity index (χ0) is 11.1. The lowest BCUT2D eigenvalue weighted by atomic mass is 9.68. The van der Waals surface area contributed by atoms with Gasteiger partial charge in [0.2, 0.25) is 0 Å². The molecule has 0 aromatic rings. The normalized spacial score (nSPS) is 31.8. The molecule has 0 N–H and O–H groups in total. The summed E-state index contributed by atoms with van der Waals surface area (Å²) in [6.45, 7) is 4.17. The van der Waals surface area contributed by atoms with Crippen molar-refractivity contribution in [3.8, 4) is 0 Å². The molecule has 0 aromatic carbocycles. The van der Waals surface area contributed by atoms with Crippen molar-refractivity contribution in [2.45, 2.75) is 12.8 Å². The SMILES string of the molecule is C=C1C2=CCCC=C2C(=O)C2C=CC=CC12. The molecule has 2 unspecified atom stereocenters. The monoisotopic (exact) mass is 210 g/mol. The van der Waals surface area contributed by atoms with Crippen LogP contribution in [-0.2, 0) is 4.79 Å². The maximum atomic E-state index is 12.3. The minimum Gasteiger partial charge on any atom is -0.293 e. The first-order chi connectivity index (χ1) is 7.79. The minimum atomic E-state index is -0.0148. The Morgan fingerprint density at radius 3 is 2.38 bits per heavy atom. The van der Waals surface area contributed by atoms with Gasteiger partial charge in [-0.25, -0.2) is 0 Å². The van der Waals surface area contributed by atoms with Crippen LogP contribution in [0.2, 0.25) is 0 Å². The van der Waals surface area contributed by atoms with Crippen LogP contribution in [0.4, 0.5) is 0 Å². The standard InChI is InChI=1S/C15H14O/c1-10-11-6-2-4-8-13(11)15(16)14-9-5-3-7-12(10)14/h2,4,6-9,11,13H,1,3,5H2. The average Bonchev–Trinajstić information content (AvgIpc) is 2.36. The Hall–Kier alpha value is -1.63. The molecule has 3 aliphatic rings. The Balaban J connectivity index is 2.10. The molecule has 80 valence electrons. The first-order valence-electron chi connectivity index (χ1n) is 5.78. The maximum Gasteiger partial charge on any atom is 0.170 e. The molecule has 1 nitrogen and oxygen atoms in total. The summed E-state index contributed by atoms with van der Waals surface area (Å²) in [5, 5.41) is 0. The Morgan fingerprint density at radius 2 is 1.62 bits per heavy atom. The predicted molar refractivity (Wildman–Crippen MR) is 64.8 cm³/mol. The van der Waals surface area contributed by atoms with Crippen LogP contribution in [-0.4, -0.2) is 5.78 Å². The van der Waals surface area contributed by atoms with Crippen LogP contribution < -0.4 is 0 Å². The Bertz CT molecular complexity index is 440. The Labute approximate surface area is 95.5 Å². The third kappa shape index (κ3) is 1.21. The zero-order valence-electron chi connectivity index (χ0n) is 9.15. The lowest BCUT2D eigenvalue weighted by Gasteiger charge is -2.34. The summed E-state index contributed by atoms with van der Waals surface area (Å²) in [7, 11) is 0. The highest BCUT2D eigenvalue weighted by atomic mass is 16.1. The summed E-state index contributed by atoms with van der Waals surface area (Å²) in [5.74, 6) is 0.432. The van der Waals surface area contributed by atoms with Crippen molar-refractivity contribution < 1.29 is 4.79 Å². The van der Waals surface area contributed by atoms with Gasteiger partial charge >= 0.3 is 0 Å². The number of rotatable bonds is 0. The number of allylic oxidation sites excluding steroid dienone is 9. The molecule has 2 atom stereocenters. The van der Waals surface area contributed by atoms with E-state index >= 15 is 0 Å². The van der Waals surface area contributed by atoms with E-state index in [1.807, 2.05) is 18.2 Å². The first kappa shape index (κ1) is 9.59. The smallest absolute Gasteiger partial charge is 0.170 e. The highest BCUT2D eigenvalue weighted by Gasteiger charge is 2.38. The molecule has 0 heterocycles. The van der Waals surface area contributed by atoms with Crippen LogP contribution in [0.1, 0.15) is 12.8 Å². The molecule has 0 aliphatic heterocycles. The average molecular weight is 210 g/mol. The van der Waals surface area contributed by atoms with Gasteiger partial charge in [0.1, 0.15) is 0 Å². The quantitative estimate of drug-likeness (QED) is 0.600. The number of hydrogen-bond donors (Lipinski definition) is 0. The summed E-state index contributed by atoms with van der Waals surface area (Å²) < 4.78 is 0. The van der Waals surface area contributed by atoms with Gasteiger partial charge in [0, 0.05) is 11.5 Å². The van der Waals surface area contributed by atoms with Gasteiger partial charge in [-0.3, -0.25) is 4.79 Å². The molecule has 3 aliphatic carbocycles. The minimum absolute atomic E-state index is 0.0148. The van der Waals surface area contributed by atoms with E-state index in [4.69, 9.17) is 0 Å². The lowest BCUT2D eigenvalue weighted by molar-refractivity contribution is -0.118. The van der Waals surface area contributed by atoms with Crippen LogP contribution in [0.25, 0.3) is 0 Å². The van der Waals surface area contributed by atoms with Crippen LogP contribution in [0.3, 0.4) is 0 Å². The molecule has 1 saturated carbocycles. The highest BCUT2D eigenvalue weighted by molar-refractivity contribution is 6.06. The summed E-state index contributed by atoms with van der Waals surface area (Å²) in [6, 6.07) is 0. The molecular formula is C15H14O. The van der Waals surface area contributed by atoms with Crippen molar-refractivity contribution in [1.29, 1.82) is 0 Å². The van der Waals surface area contributed by atoms with E-state index < -0.39 is 0 Å². The second kappa shape index (κ2) is 3.44. The van der Waals surface area contributed by atoms with Gasteiger partial charge in [0.15, 0.2) is 5.78 Å². The van der Waals surface area contributed by atoms with Crippen LogP contribution in [0, 0.1) is 11.8 Å². The summed E-state index contributed by atoms with van der Waals surface area (Å²) in [4.78, 5) is 12.3. The Morgan fingerprint density at radius 1 is 1.00 bits per heavy atom. The largest absolute Gasteiger partial charge is 0.293 e. The van der Waals surface area contributed by atoms with E-state index in [1.165, 1.54) is 0 Å². The molecule has 0 bridgehead atoms. The molecule has 0 aromatic heterocycles. The number of carbonyl (C=O) groups is 1. The lowest BCUT2D eigenvalue weighted by Crippen LogP contribution is -2.32. The molecule has 0 saturated heterocycles. The number of Topliss-reactive ketones (excluding diaryl/α,β-unsaturated/α-hetero) is 1. The van der Waals surface area contributed by atoms with E-state index in [9.17, 15) is 4.79 Å². The molecule has 0 radical (unpaired) electrons. The summed E-state index contributed by atoms with van der Waals surface area (Å²) >= 11 is 0. The second-order valence-electron chi connectivity index (χ2n) is 4.52. The van der Waals surface area contributed by atoms with Gasteiger partial charge in [-0.1, -0.05) is 43.0 Å². The second-order valence-corrected chi connectivity index (χ2v) is 4.52. The number of carbonyl (C=O) groups excluding carboxylic acids is 1. The van der Waals surface area contributed by atoms with Crippen molar-refractivity contribution in [3.05, 3.63) is 59.8 Å². The molecule has 0 spiro atoms. The zero-order valence-corrected chi connectivity index (χ0v) is 9.15. The van der Waals surface area contributed by atoms with Crippen molar-refractivity contribution in [3.63, 3.8) is 0 Å². The fourth-order valence-corrected chi connectivity index (χ4v) is 2.76. The topological polar surface area (TPSA) is 17.1 Å². The van der Waals surface area contributed by atoms with Gasteiger partial charge < -0.3 is 0 Å². The van der Waals surface area contributed by atoms with E-state index in [0.717, 1.165) is 29.6 Å². The van der Waals surface area contributed by atoms with E-state index in [-0.39, 0.29) is 17.6 Å². The fourth-order valence-electron chi connectivity index (χ4n) is 2.76. The molecular weight excluding hydrogens is 196 g/mol. The van der Waals surface area contributed by atoms with Gasteiger partial charge in [0.25, 0.3) is 0 Å². The summed E-state index contributed by atoms with van der Waals surface area (Å²) in [5.41, 5.74) is 3.10. The van der Waals surface area contributed by atoms with Gasteiger partial charge in [-0.2, -0.15) is 0 Å². The number of hydrogen-bond acceptors (Lipinski definition) is 1. The number of ketones is 1. The molecule has 1 heteroatoms. The van der Waals surface area contributed by atoms with Crippen molar-refractivity contribution >= 4 is 5.78 Å². The van der Waals surface area contributed by atoms with Crippen LogP contribution >= 0.6 is 0 Å². The van der Waals surface area contributed by atoms with Gasteiger partial charge in [-0.15, -0.1) is 0 Å². The molecule has 1 fully saturated rings. The van der Waals surface area contributed by atoms with E-state index in [1.54, 1.807) is 0 Å². The highest BCUT2D eigenvalue weighted by Crippen LogP contribution is 2.42. The maximum absolute atomic E-state index is 12.3. The van der Waals surface area contributed by atoms with Gasteiger partial charge in [-0.05, 0) is 24.0 Å². The third-order valence-electron chi connectivity index (χ3n) is 3.61. The van der Waals surface area contributed by atoms with E-state index in [0.29, 0.717) is 0 Å². The fraction of sp³-hybridized carbons (Fsp3) is 0.267. The summed E-state index contributed by atoms with van der Waals surface area (Å²) in [6.07, 6.45) is 14.3. The first-order valence-corrected chi connectivity index (χ1v) is 5.78. The molecule has 16 heavy (non-hydrogen) atoms.